The number of carbonyl (C=O) groups is 10. The van der Waals surface area contributed by atoms with Crippen LogP contribution in [0.25, 0.3) is 0 Å². The summed E-state index contributed by atoms with van der Waals surface area (Å²) in [7, 11) is 0. The van der Waals surface area contributed by atoms with Gasteiger partial charge in [-0.2, -0.15) is 0 Å². The Bertz CT molecular complexity index is 1300. The first-order chi connectivity index (χ1) is 24.8. The molecule has 0 aromatic carbocycles. The van der Waals surface area contributed by atoms with E-state index in [1.807, 2.05) is 0 Å². The zero-order valence-corrected chi connectivity index (χ0v) is 29.5. The predicted octanol–water partition coefficient (Wildman–Crippen LogP) is -2.10. The lowest BCUT2D eigenvalue weighted by Gasteiger charge is -2.21. The third-order valence-electron chi connectivity index (χ3n) is 7.73. The van der Waals surface area contributed by atoms with Crippen molar-refractivity contribution in [1.29, 1.82) is 0 Å². The molecule has 10 amide bonds. The SMILES string of the molecule is CCOC(=O)NCCCCC(C)C(=O)NC(CC(=O)NCCNC(=O)CCN1C(=O)C=CC1=O)CC(=O)NCCNC(=O)CCN1C(=O)C=CC1=O. The van der Waals surface area contributed by atoms with Gasteiger partial charge in [0.25, 0.3) is 23.6 Å². The molecule has 0 aliphatic carbocycles. The molecule has 0 saturated carbocycles. The number of alkyl carbamates (subject to hydrolysis) is 1. The minimum Gasteiger partial charge on any atom is -0.450 e. The van der Waals surface area contributed by atoms with Gasteiger partial charge >= 0.3 is 6.09 Å². The van der Waals surface area contributed by atoms with Crippen LogP contribution in [0.3, 0.4) is 0 Å². The van der Waals surface area contributed by atoms with Gasteiger partial charge in [-0.25, -0.2) is 4.79 Å². The van der Waals surface area contributed by atoms with E-state index < -0.39 is 65.3 Å². The number of hydrogen-bond acceptors (Lipinski definition) is 11. The molecular weight excluding hydrogens is 684 g/mol. The molecule has 0 radical (unpaired) electrons. The molecule has 0 aromatic heterocycles. The van der Waals surface area contributed by atoms with Crippen molar-refractivity contribution < 1.29 is 52.7 Å². The fourth-order valence-corrected chi connectivity index (χ4v) is 4.90. The lowest BCUT2D eigenvalue weighted by Crippen LogP contribution is -2.45. The first-order valence-electron chi connectivity index (χ1n) is 17.2. The molecule has 0 bridgehead atoms. The molecule has 2 heterocycles. The second-order valence-electron chi connectivity index (χ2n) is 11.9. The van der Waals surface area contributed by atoms with Crippen LogP contribution < -0.4 is 31.9 Å². The average Bonchev–Trinajstić information content (AvgIpc) is 3.59. The fourth-order valence-electron chi connectivity index (χ4n) is 4.90. The summed E-state index contributed by atoms with van der Waals surface area (Å²) in [6.07, 6.45) is 4.94. The Kier molecular flexibility index (Phi) is 18.8. The third-order valence-corrected chi connectivity index (χ3v) is 7.73. The van der Waals surface area contributed by atoms with Crippen LogP contribution in [0.15, 0.2) is 24.3 Å². The van der Waals surface area contributed by atoms with Crippen LogP contribution in [0.5, 0.6) is 0 Å². The van der Waals surface area contributed by atoms with E-state index in [0.717, 1.165) is 34.1 Å². The van der Waals surface area contributed by atoms with Crippen molar-refractivity contribution in [3.05, 3.63) is 24.3 Å². The van der Waals surface area contributed by atoms with Crippen LogP contribution in [0, 0.1) is 5.92 Å². The average molecular weight is 733 g/mol. The summed E-state index contributed by atoms with van der Waals surface area (Å²) >= 11 is 0. The molecule has 0 aromatic rings. The molecule has 52 heavy (non-hydrogen) atoms. The van der Waals surface area contributed by atoms with Crippen molar-refractivity contribution in [3.63, 3.8) is 0 Å². The number of nitrogens with zero attached hydrogens (tertiary/aromatic N) is 2. The summed E-state index contributed by atoms with van der Waals surface area (Å²) in [5.41, 5.74) is 0. The largest absolute Gasteiger partial charge is 0.450 e. The second kappa shape index (κ2) is 23.0. The molecule has 2 aliphatic heterocycles. The Morgan fingerprint density at radius 2 is 1.04 bits per heavy atom. The minimum absolute atomic E-state index is 0.0348. The first-order valence-corrected chi connectivity index (χ1v) is 17.2. The van der Waals surface area contributed by atoms with Gasteiger partial charge < -0.3 is 36.6 Å². The molecule has 0 saturated heterocycles. The molecule has 0 fully saturated rings. The summed E-state index contributed by atoms with van der Waals surface area (Å²) in [6, 6.07) is -0.891. The van der Waals surface area contributed by atoms with Crippen molar-refractivity contribution in [3.8, 4) is 0 Å². The van der Waals surface area contributed by atoms with Gasteiger partial charge in [0.05, 0.1) is 6.61 Å². The monoisotopic (exact) mass is 732 g/mol. The molecule has 19 heteroatoms. The Morgan fingerprint density at radius 1 is 0.615 bits per heavy atom. The Morgan fingerprint density at radius 3 is 1.46 bits per heavy atom. The molecule has 286 valence electrons. The normalized spacial score (nSPS) is 14.1. The van der Waals surface area contributed by atoms with Crippen LogP contribution >= 0.6 is 0 Å². The zero-order chi connectivity index (χ0) is 38.5. The number of carbonyl (C=O) groups excluding carboxylic acids is 10. The predicted molar refractivity (Wildman–Crippen MR) is 182 cm³/mol. The summed E-state index contributed by atoms with van der Waals surface area (Å²) < 4.78 is 4.80. The summed E-state index contributed by atoms with van der Waals surface area (Å²) in [4.78, 5) is 122. The van der Waals surface area contributed by atoms with Gasteiger partial charge in [-0.3, -0.25) is 53.0 Å². The van der Waals surface area contributed by atoms with E-state index >= 15 is 0 Å². The zero-order valence-electron chi connectivity index (χ0n) is 29.5. The van der Waals surface area contributed by atoms with E-state index in [1.54, 1.807) is 13.8 Å². The molecule has 1 atom stereocenters. The minimum atomic E-state index is -0.891. The van der Waals surface area contributed by atoms with E-state index in [9.17, 15) is 47.9 Å². The van der Waals surface area contributed by atoms with E-state index in [0.29, 0.717) is 25.8 Å². The second-order valence-corrected chi connectivity index (χ2v) is 11.9. The number of rotatable bonds is 24. The maximum atomic E-state index is 13.0. The topological polar surface area (TPSA) is 259 Å². The molecule has 2 rings (SSSR count). The van der Waals surface area contributed by atoms with Crippen molar-refractivity contribution in [1.82, 2.24) is 41.7 Å². The van der Waals surface area contributed by atoms with Crippen LogP contribution in [-0.4, -0.2) is 128 Å². The van der Waals surface area contributed by atoms with Crippen molar-refractivity contribution >= 4 is 59.3 Å². The van der Waals surface area contributed by atoms with Crippen LogP contribution in [0.1, 0.15) is 58.8 Å². The number of ether oxygens (including phenoxy) is 1. The number of amides is 10. The molecule has 19 nitrogen and oxygen atoms in total. The highest BCUT2D eigenvalue weighted by atomic mass is 16.5. The van der Waals surface area contributed by atoms with Gasteiger partial charge in [0, 0.05) is 108 Å². The Labute approximate surface area is 301 Å². The molecule has 6 N–H and O–H groups in total. The highest BCUT2D eigenvalue weighted by Gasteiger charge is 2.25. The number of nitrogens with one attached hydrogen (secondary N) is 6. The first kappa shape index (κ1) is 42.5. The van der Waals surface area contributed by atoms with Gasteiger partial charge in [-0.1, -0.05) is 13.3 Å². The quantitative estimate of drug-likeness (QED) is 0.0463. The van der Waals surface area contributed by atoms with E-state index in [4.69, 9.17) is 4.74 Å². The van der Waals surface area contributed by atoms with Crippen molar-refractivity contribution in [2.24, 2.45) is 5.92 Å². The Balaban J connectivity index is 1.78. The van der Waals surface area contributed by atoms with E-state index in [2.05, 4.69) is 31.9 Å². The molecular formula is C33H48N8O11. The maximum absolute atomic E-state index is 13.0. The van der Waals surface area contributed by atoms with Gasteiger partial charge in [0.2, 0.25) is 29.5 Å². The number of unbranched alkanes of at least 4 members (excludes halogenated alkanes) is 1. The van der Waals surface area contributed by atoms with E-state index in [1.165, 1.54) is 0 Å². The van der Waals surface area contributed by atoms with Gasteiger partial charge in [0.1, 0.15) is 0 Å². The summed E-state index contributed by atoms with van der Waals surface area (Å²) in [6.45, 7) is 4.04. The maximum Gasteiger partial charge on any atom is 0.407 e. The van der Waals surface area contributed by atoms with Crippen LogP contribution in [0.2, 0.25) is 0 Å². The van der Waals surface area contributed by atoms with Crippen molar-refractivity contribution in [2.45, 2.75) is 64.8 Å². The third kappa shape index (κ3) is 16.4. The van der Waals surface area contributed by atoms with Crippen LogP contribution in [-0.2, 0) is 47.9 Å². The fraction of sp³-hybridized carbons (Fsp3) is 0.576. The molecule has 1 unspecified atom stereocenters. The van der Waals surface area contributed by atoms with Gasteiger partial charge in [-0.05, 0) is 19.8 Å². The lowest BCUT2D eigenvalue weighted by atomic mass is 10.0. The lowest BCUT2D eigenvalue weighted by molar-refractivity contribution is -0.139. The van der Waals surface area contributed by atoms with Crippen LogP contribution in [0.4, 0.5) is 4.79 Å². The van der Waals surface area contributed by atoms with E-state index in [-0.39, 0.29) is 77.5 Å². The smallest absolute Gasteiger partial charge is 0.407 e. The summed E-state index contributed by atoms with van der Waals surface area (Å²) in [5.74, 6) is -4.68. The van der Waals surface area contributed by atoms with Gasteiger partial charge in [0.15, 0.2) is 0 Å². The highest BCUT2D eigenvalue weighted by Crippen LogP contribution is 2.10. The number of imide groups is 2. The van der Waals surface area contributed by atoms with Gasteiger partial charge in [-0.15, -0.1) is 0 Å². The Hall–Kier alpha value is -5.62. The standard InChI is InChI=1S/C33H48N8O11/c1-3-52-33(51)38-13-5-4-6-22(2)32(50)39-23(20-26(44)36-16-14-34-24(42)11-18-40-28(46)7-8-29(40)47)21-27(45)37-17-15-35-25(43)12-19-41-30(48)9-10-31(41)49/h7-10,22-23H,3-6,11-21H2,1-2H3,(H,34,42)(H,35,43)(H,36,44)(H,37,45)(H,38,51)(H,39,50). The summed E-state index contributed by atoms with van der Waals surface area (Å²) in [5, 5.41) is 15.7. The molecule has 2 aliphatic rings. The van der Waals surface area contributed by atoms with Crippen molar-refractivity contribution in [2.75, 3.05) is 52.4 Å². The number of hydrogen-bond donors (Lipinski definition) is 6. The highest BCUT2D eigenvalue weighted by molar-refractivity contribution is 6.13. The molecule has 0 spiro atoms.